The van der Waals surface area contributed by atoms with Crippen LogP contribution in [-0.2, 0) is 0 Å². The Balaban J connectivity index is 1.89. The number of nitrogens with zero attached hydrogens (tertiary/aromatic N) is 1. The molecule has 4 N–H and O–H groups in total. The molecule has 0 saturated heterocycles. The van der Waals surface area contributed by atoms with E-state index in [4.69, 9.17) is 9.47 Å². The molecule has 0 bridgehead atoms. The first-order chi connectivity index (χ1) is 19.2. The summed E-state index contributed by atoms with van der Waals surface area (Å²) in [6.45, 7) is 3.89. The van der Waals surface area contributed by atoms with E-state index >= 15 is 0 Å². The number of aryl methyl sites for hydroxylation is 2. The number of nitro benzene ring substituents is 1. The van der Waals surface area contributed by atoms with Crippen LogP contribution < -0.4 is 20.6 Å². The molecular formula is C29H27N5O6. The Hall–Kier alpha value is -5.32. The fourth-order valence-electron chi connectivity index (χ4n) is 4.91. The van der Waals surface area contributed by atoms with Gasteiger partial charge in [-0.3, -0.25) is 40.1 Å². The number of aromatic nitrogens is 4. The second-order valence-corrected chi connectivity index (χ2v) is 9.42. The summed E-state index contributed by atoms with van der Waals surface area (Å²) in [5.41, 5.74) is 3.62. The van der Waals surface area contributed by atoms with Crippen molar-refractivity contribution < 1.29 is 14.4 Å². The van der Waals surface area contributed by atoms with Gasteiger partial charge in [-0.05, 0) is 25.0 Å². The minimum Gasteiger partial charge on any atom is -0.496 e. The highest BCUT2D eigenvalue weighted by molar-refractivity contribution is 5.72. The van der Waals surface area contributed by atoms with Crippen LogP contribution in [-0.4, -0.2) is 39.5 Å². The van der Waals surface area contributed by atoms with Gasteiger partial charge in [0.15, 0.2) is 0 Å². The van der Waals surface area contributed by atoms with Gasteiger partial charge in [0.1, 0.15) is 5.75 Å². The molecule has 3 aromatic carbocycles. The van der Waals surface area contributed by atoms with E-state index < -0.39 is 22.0 Å². The van der Waals surface area contributed by atoms with E-state index in [2.05, 4.69) is 20.4 Å². The van der Waals surface area contributed by atoms with Crippen molar-refractivity contribution in [2.45, 2.75) is 19.8 Å². The van der Waals surface area contributed by atoms with Gasteiger partial charge in [0.2, 0.25) is 5.75 Å². The second kappa shape index (κ2) is 10.4. The number of benzene rings is 3. The Labute approximate surface area is 227 Å². The molecule has 11 heteroatoms. The van der Waals surface area contributed by atoms with Gasteiger partial charge in [-0.25, -0.2) is 0 Å². The van der Waals surface area contributed by atoms with Gasteiger partial charge in [-0.1, -0.05) is 59.7 Å². The van der Waals surface area contributed by atoms with E-state index in [-0.39, 0.29) is 33.9 Å². The third kappa shape index (κ3) is 4.57. The summed E-state index contributed by atoms with van der Waals surface area (Å²) in [7, 11) is 2.73. The molecule has 0 aliphatic heterocycles. The Bertz CT molecular complexity index is 1710. The van der Waals surface area contributed by atoms with Crippen LogP contribution in [0, 0.1) is 24.0 Å². The number of aromatic amines is 4. The van der Waals surface area contributed by atoms with E-state index in [1.807, 2.05) is 62.4 Å². The lowest BCUT2D eigenvalue weighted by atomic mass is 9.82. The minimum atomic E-state index is -1.09. The number of methoxy groups -OCH3 is 2. The fraction of sp³-hybridized carbons (Fsp3) is 0.172. The second-order valence-electron chi connectivity index (χ2n) is 9.42. The third-order valence-electron chi connectivity index (χ3n) is 6.93. The normalized spacial score (nSPS) is 11.1. The number of rotatable bonds is 8. The summed E-state index contributed by atoms with van der Waals surface area (Å²) in [6.07, 6.45) is 0. The third-order valence-corrected chi connectivity index (χ3v) is 6.93. The molecule has 5 rings (SSSR count). The summed E-state index contributed by atoms with van der Waals surface area (Å²) in [6, 6.07) is 17.7. The quantitative estimate of drug-likeness (QED) is 0.163. The van der Waals surface area contributed by atoms with Crippen molar-refractivity contribution in [1.29, 1.82) is 0 Å². The molecule has 0 spiro atoms. The lowest BCUT2D eigenvalue weighted by Gasteiger charge is -2.21. The van der Waals surface area contributed by atoms with Crippen LogP contribution in [0.5, 0.6) is 11.5 Å². The minimum absolute atomic E-state index is 0.0205. The molecule has 11 nitrogen and oxygen atoms in total. The summed E-state index contributed by atoms with van der Waals surface area (Å²) >= 11 is 0. The number of nitrogens with one attached hydrogen (secondary N) is 4. The van der Waals surface area contributed by atoms with Gasteiger partial charge in [-0.2, -0.15) is 0 Å². The zero-order valence-electron chi connectivity index (χ0n) is 22.2. The number of ether oxygens (including phenoxy) is 2. The molecule has 0 aliphatic rings. The van der Waals surface area contributed by atoms with Crippen molar-refractivity contribution in [3.8, 4) is 34.0 Å². The lowest BCUT2D eigenvalue weighted by molar-refractivity contribution is -0.385. The molecule has 0 amide bonds. The monoisotopic (exact) mass is 541 g/mol. The molecular weight excluding hydrogens is 514 g/mol. The molecule has 40 heavy (non-hydrogen) atoms. The Morgan fingerprint density at radius 2 is 1.15 bits per heavy atom. The molecule has 0 saturated carbocycles. The van der Waals surface area contributed by atoms with E-state index in [9.17, 15) is 19.7 Å². The molecule has 0 unspecified atom stereocenters. The maximum atomic E-state index is 13.5. The van der Waals surface area contributed by atoms with Gasteiger partial charge in [0.05, 0.1) is 47.6 Å². The van der Waals surface area contributed by atoms with E-state index in [1.165, 1.54) is 26.4 Å². The van der Waals surface area contributed by atoms with E-state index in [0.29, 0.717) is 22.5 Å². The zero-order valence-corrected chi connectivity index (χ0v) is 22.2. The first-order valence-corrected chi connectivity index (χ1v) is 12.4. The van der Waals surface area contributed by atoms with E-state index in [0.717, 1.165) is 11.1 Å². The molecule has 2 heterocycles. The molecule has 5 aromatic rings. The molecule has 0 fully saturated rings. The first-order valence-electron chi connectivity index (χ1n) is 12.4. The number of hydrogen-bond donors (Lipinski definition) is 4. The Kier molecular flexibility index (Phi) is 6.87. The van der Waals surface area contributed by atoms with Crippen molar-refractivity contribution in [1.82, 2.24) is 20.4 Å². The van der Waals surface area contributed by atoms with Crippen molar-refractivity contribution in [2.75, 3.05) is 14.2 Å². The highest BCUT2D eigenvalue weighted by atomic mass is 16.6. The van der Waals surface area contributed by atoms with Crippen molar-refractivity contribution in [3.63, 3.8) is 0 Å². The first kappa shape index (κ1) is 26.3. The van der Waals surface area contributed by atoms with Gasteiger partial charge in [0, 0.05) is 17.7 Å². The van der Waals surface area contributed by atoms with Crippen molar-refractivity contribution in [3.05, 3.63) is 119 Å². The van der Waals surface area contributed by atoms with Crippen LogP contribution in [0.4, 0.5) is 5.69 Å². The van der Waals surface area contributed by atoms with Crippen LogP contribution >= 0.6 is 0 Å². The van der Waals surface area contributed by atoms with Crippen LogP contribution in [0.15, 0.2) is 70.3 Å². The summed E-state index contributed by atoms with van der Waals surface area (Å²) in [5, 5.41) is 23.2. The van der Waals surface area contributed by atoms with Crippen LogP contribution in [0.3, 0.4) is 0 Å². The van der Waals surface area contributed by atoms with E-state index in [1.54, 1.807) is 0 Å². The lowest BCUT2D eigenvalue weighted by Crippen LogP contribution is -2.21. The molecule has 204 valence electrons. The Morgan fingerprint density at radius 3 is 1.55 bits per heavy atom. The molecule has 2 aromatic heterocycles. The predicted molar refractivity (Wildman–Crippen MR) is 150 cm³/mol. The van der Waals surface area contributed by atoms with Gasteiger partial charge >= 0.3 is 5.69 Å². The van der Waals surface area contributed by atoms with Crippen LogP contribution in [0.2, 0.25) is 0 Å². The van der Waals surface area contributed by atoms with Crippen LogP contribution in [0.25, 0.3) is 22.5 Å². The highest BCUT2D eigenvalue weighted by Crippen LogP contribution is 2.45. The highest BCUT2D eigenvalue weighted by Gasteiger charge is 2.35. The SMILES string of the molecule is COc1cc(OC)c([N+](=O)[O-])cc1C(c1c(-c2ccc(C)cc2)[nH][nH]c1=O)c1c(-c2ccc(C)cc2)[nH][nH]c1=O. The average molecular weight is 542 g/mol. The average Bonchev–Trinajstić information content (AvgIpc) is 3.52. The Morgan fingerprint density at radius 1 is 0.700 bits per heavy atom. The number of nitro groups is 1. The van der Waals surface area contributed by atoms with Gasteiger partial charge < -0.3 is 9.47 Å². The smallest absolute Gasteiger partial charge is 0.311 e. The summed E-state index contributed by atoms with van der Waals surface area (Å²) in [5.74, 6) is -0.900. The predicted octanol–water partition coefficient (Wildman–Crippen LogP) is 4.78. The number of H-pyrrole nitrogens is 4. The van der Waals surface area contributed by atoms with Crippen molar-refractivity contribution >= 4 is 5.69 Å². The maximum Gasteiger partial charge on any atom is 0.311 e. The number of hydrogen-bond acceptors (Lipinski definition) is 6. The van der Waals surface area contributed by atoms with Crippen molar-refractivity contribution in [2.24, 2.45) is 0 Å². The maximum absolute atomic E-state index is 13.5. The topological polar surface area (TPSA) is 159 Å². The zero-order chi connectivity index (χ0) is 28.6. The summed E-state index contributed by atoms with van der Waals surface area (Å²) < 4.78 is 10.9. The molecule has 0 radical (unpaired) electrons. The summed E-state index contributed by atoms with van der Waals surface area (Å²) in [4.78, 5) is 38.5. The molecule has 0 atom stereocenters. The largest absolute Gasteiger partial charge is 0.496 e. The van der Waals surface area contributed by atoms with Crippen LogP contribution in [0.1, 0.15) is 33.7 Å². The standard InChI is InChI=1S/C29H27N5O6/c1-15-5-9-17(10-6-15)26-24(28(35)32-30-26)23(19-13-20(34(37)38)22(40-4)14-21(19)39-3)25-27(31-33-29(25)36)18-11-7-16(2)8-12-18/h5-14,23H,1-4H3,(H2,30,32,35)(H2,31,33,36). The molecule has 0 aliphatic carbocycles. The van der Waals surface area contributed by atoms with Gasteiger partial charge in [0.25, 0.3) is 11.1 Å². The fourth-order valence-corrected chi connectivity index (χ4v) is 4.91. The van der Waals surface area contributed by atoms with Gasteiger partial charge in [-0.15, -0.1) is 0 Å².